The minimum atomic E-state index is -0.471. The highest BCUT2D eigenvalue weighted by atomic mass is 19.1. The Balaban J connectivity index is 1.84. The van der Waals surface area contributed by atoms with Gasteiger partial charge in [0.15, 0.2) is 11.6 Å². The number of fused-ring (bicyclic) bond motifs is 1. The van der Waals surface area contributed by atoms with Crippen LogP contribution in [0.1, 0.15) is 51.5 Å². The lowest BCUT2D eigenvalue weighted by Crippen LogP contribution is -2.43. The van der Waals surface area contributed by atoms with E-state index in [2.05, 4.69) is 18.8 Å². The number of ether oxygens (including phenoxy) is 1. The number of nitrogens with two attached hydrogens (primary N) is 1. The van der Waals surface area contributed by atoms with Crippen molar-refractivity contribution >= 4 is 10.8 Å². The van der Waals surface area contributed by atoms with Gasteiger partial charge in [0.25, 0.3) is 5.56 Å². The molecule has 1 saturated carbocycles. The summed E-state index contributed by atoms with van der Waals surface area (Å²) in [6.07, 6.45) is 6.39. The van der Waals surface area contributed by atoms with Gasteiger partial charge in [-0.15, -0.1) is 0 Å². The monoisotopic (exact) mass is 346 g/mol. The van der Waals surface area contributed by atoms with Crippen LogP contribution < -0.4 is 16.0 Å². The molecule has 1 aromatic carbocycles. The Morgan fingerprint density at radius 3 is 2.68 bits per heavy atom. The summed E-state index contributed by atoms with van der Waals surface area (Å²) in [5.41, 5.74) is 6.77. The van der Waals surface area contributed by atoms with Crippen LogP contribution >= 0.6 is 0 Å². The van der Waals surface area contributed by atoms with Crippen LogP contribution in [0.4, 0.5) is 4.39 Å². The van der Waals surface area contributed by atoms with Crippen LogP contribution in [0.3, 0.4) is 0 Å². The van der Waals surface area contributed by atoms with E-state index in [4.69, 9.17) is 10.5 Å². The van der Waals surface area contributed by atoms with Gasteiger partial charge in [-0.05, 0) is 68.9 Å². The number of aromatic nitrogens is 1. The fourth-order valence-electron chi connectivity index (χ4n) is 4.18. The van der Waals surface area contributed by atoms with E-state index in [1.54, 1.807) is 19.2 Å². The first-order valence-corrected chi connectivity index (χ1v) is 9.10. The molecule has 1 heterocycles. The third-order valence-electron chi connectivity index (χ3n) is 6.11. The Morgan fingerprint density at radius 1 is 1.40 bits per heavy atom. The van der Waals surface area contributed by atoms with Gasteiger partial charge in [0, 0.05) is 17.8 Å². The van der Waals surface area contributed by atoms with Crippen LogP contribution in [0.2, 0.25) is 0 Å². The maximum Gasteiger partial charge on any atom is 0.255 e. The highest BCUT2D eigenvalue weighted by Crippen LogP contribution is 2.43. The van der Waals surface area contributed by atoms with E-state index in [0.29, 0.717) is 10.9 Å². The summed E-state index contributed by atoms with van der Waals surface area (Å²) in [7, 11) is 0. The highest BCUT2D eigenvalue weighted by Gasteiger charge is 2.37. The largest absolute Gasteiger partial charge is 0.487 e. The molecule has 0 aliphatic heterocycles. The first kappa shape index (κ1) is 17.9. The zero-order chi connectivity index (χ0) is 18.2. The van der Waals surface area contributed by atoms with E-state index in [0.717, 1.165) is 37.5 Å². The van der Waals surface area contributed by atoms with Crippen molar-refractivity contribution in [1.82, 2.24) is 4.98 Å². The van der Waals surface area contributed by atoms with Crippen LogP contribution in [0.15, 0.2) is 23.1 Å². The quantitative estimate of drug-likeness (QED) is 0.878. The van der Waals surface area contributed by atoms with Gasteiger partial charge in [0.05, 0.1) is 11.5 Å². The van der Waals surface area contributed by atoms with Gasteiger partial charge in [0.2, 0.25) is 0 Å². The van der Waals surface area contributed by atoms with Gasteiger partial charge < -0.3 is 15.5 Å². The number of aryl methyl sites for hydroxylation is 1. The predicted molar refractivity (Wildman–Crippen MR) is 98.5 cm³/mol. The van der Waals surface area contributed by atoms with Crippen molar-refractivity contribution in [1.29, 1.82) is 0 Å². The molecule has 3 N–H and O–H groups in total. The second-order valence-corrected chi connectivity index (χ2v) is 7.40. The van der Waals surface area contributed by atoms with Gasteiger partial charge in [-0.25, -0.2) is 4.39 Å². The van der Waals surface area contributed by atoms with Crippen molar-refractivity contribution in [3.63, 3.8) is 0 Å². The minimum absolute atomic E-state index is 0.00827. The van der Waals surface area contributed by atoms with E-state index >= 15 is 0 Å². The highest BCUT2D eigenvalue weighted by molar-refractivity contribution is 5.86. The summed E-state index contributed by atoms with van der Waals surface area (Å²) in [6.45, 7) is 6.08. The van der Waals surface area contributed by atoms with E-state index in [1.807, 2.05) is 0 Å². The number of aromatic amines is 1. The van der Waals surface area contributed by atoms with Crippen molar-refractivity contribution < 1.29 is 9.13 Å². The Bertz CT molecular complexity index is 820. The second kappa shape index (κ2) is 6.79. The molecule has 2 aromatic rings. The zero-order valence-electron chi connectivity index (χ0n) is 15.2. The molecular formula is C20H27FN2O2. The first-order valence-electron chi connectivity index (χ1n) is 9.10. The molecule has 136 valence electrons. The Kier molecular flexibility index (Phi) is 4.87. The van der Waals surface area contributed by atoms with E-state index < -0.39 is 5.82 Å². The summed E-state index contributed by atoms with van der Waals surface area (Å²) in [5.74, 6) is -0.200. The molecular weight excluding hydrogens is 319 g/mol. The van der Waals surface area contributed by atoms with Crippen molar-refractivity contribution in [3.8, 4) is 5.75 Å². The molecule has 4 nitrogen and oxygen atoms in total. The second-order valence-electron chi connectivity index (χ2n) is 7.40. The van der Waals surface area contributed by atoms with E-state index in [-0.39, 0.29) is 28.9 Å². The lowest BCUT2D eigenvalue weighted by molar-refractivity contribution is 0.0594. The third-order valence-corrected chi connectivity index (χ3v) is 6.11. The van der Waals surface area contributed by atoms with Crippen LogP contribution in [-0.2, 0) is 0 Å². The van der Waals surface area contributed by atoms with Gasteiger partial charge in [-0.3, -0.25) is 4.79 Å². The molecule has 1 fully saturated rings. The average molecular weight is 346 g/mol. The number of hydrogen-bond acceptors (Lipinski definition) is 3. The first-order chi connectivity index (χ1) is 11.9. The lowest BCUT2D eigenvalue weighted by Gasteiger charge is -2.42. The van der Waals surface area contributed by atoms with E-state index in [1.165, 1.54) is 6.07 Å². The van der Waals surface area contributed by atoms with Crippen LogP contribution in [-0.4, -0.2) is 17.1 Å². The third kappa shape index (κ3) is 3.17. The number of pyridine rings is 1. The van der Waals surface area contributed by atoms with Crippen molar-refractivity contribution in [3.05, 3.63) is 40.1 Å². The topological polar surface area (TPSA) is 68.1 Å². The average Bonchev–Trinajstić information content (AvgIpc) is 2.60. The molecule has 0 radical (unpaired) electrons. The molecule has 25 heavy (non-hydrogen) atoms. The van der Waals surface area contributed by atoms with Crippen molar-refractivity contribution in [2.75, 3.05) is 0 Å². The molecule has 1 aliphatic rings. The summed E-state index contributed by atoms with van der Waals surface area (Å²) < 4.78 is 20.6. The number of rotatable bonds is 4. The maximum atomic E-state index is 14.6. The van der Waals surface area contributed by atoms with Gasteiger partial charge in [-0.2, -0.15) is 0 Å². The summed E-state index contributed by atoms with van der Waals surface area (Å²) >= 11 is 0. The molecule has 0 bridgehead atoms. The molecule has 3 rings (SSSR count). The number of H-pyrrole nitrogens is 1. The molecule has 5 heteroatoms. The number of halogens is 1. The number of nitrogens with one attached hydrogen (secondary N) is 1. The fraction of sp³-hybridized carbons (Fsp3) is 0.550. The Morgan fingerprint density at radius 2 is 2.08 bits per heavy atom. The predicted octanol–water partition coefficient (Wildman–Crippen LogP) is 4.04. The SMILES string of the molecule is CCC1(C(C)N)CCC(Oc2c(F)cc3c(=O)[nH]ccc3c2C)CC1. The molecule has 0 spiro atoms. The summed E-state index contributed by atoms with van der Waals surface area (Å²) in [6, 6.07) is 3.22. The molecule has 0 saturated heterocycles. The van der Waals surface area contributed by atoms with Gasteiger partial charge in [-0.1, -0.05) is 6.92 Å². The zero-order valence-corrected chi connectivity index (χ0v) is 15.2. The van der Waals surface area contributed by atoms with Crippen molar-refractivity contribution in [2.24, 2.45) is 11.1 Å². The van der Waals surface area contributed by atoms with E-state index in [9.17, 15) is 9.18 Å². The normalized spacial score (nSPS) is 25.1. The minimum Gasteiger partial charge on any atom is -0.487 e. The lowest BCUT2D eigenvalue weighted by atomic mass is 9.67. The molecule has 1 unspecified atom stereocenters. The Labute approximate surface area is 147 Å². The number of benzene rings is 1. The number of hydrogen-bond donors (Lipinski definition) is 2. The van der Waals surface area contributed by atoms with Gasteiger partial charge in [0.1, 0.15) is 0 Å². The molecule has 1 aliphatic carbocycles. The molecule has 1 aromatic heterocycles. The smallest absolute Gasteiger partial charge is 0.255 e. The molecule has 0 amide bonds. The fourth-order valence-corrected chi connectivity index (χ4v) is 4.18. The molecule has 1 atom stereocenters. The van der Waals surface area contributed by atoms with Crippen LogP contribution in [0.5, 0.6) is 5.75 Å². The van der Waals surface area contributed by atoms with Crippen LogP contribution in [0, 0.1) is 18.2 Å². The Hall–Kier alpha value is -1.88. The summed E-state index contributed by atoms with van der Waals surface area (Å²) in [4.78, 5) is 14.5. The standard InChI is InChI=1S/C20H27FN2O2/c1-4-20(13(3)22)8-5-14(6-9-20)25-18-12(2)15-7-10-23-19(24)16(15)11-17(18)21/h7,10-11,13-14H,4-6,8-9,22H2,1-3H3,(H,23,24). The summed E-state index contributed by atoms with van der Waals surface area (Å²) in [5, 5.41) is 1.09. The maximum absolute atomic E-state index is 14.6. The van der Waals surface area contributed by atoms with Gasteiger partial charge >= 0.3 is 0 Å². The van der Waals surface area contributed by atoms with Crippen molar-refractivity contribution in [2.45, 2.75) is 65.0 Å². The van der Waals surface area contributed by atoms with Crippen LogP contribution in [0.25, 0.3) is 10.8 Å².